The van der Waals surface area contributed by atoms with Crippen LogP contribution < -0.4 is 4.90 Å². The molecule has 0 radical (unpaired) electrons. The highest BCUT2D eigenvalue weighted by Gasteiger charge is 2.21. The van der Waals surface area contributed by atoms with E-state index >= 15 is 0 Å². The molecule has 0 bridgehead atoms. The third kappa shape index (κ3) is 3.30. The summed E-state index contributed by atoms with van der Waals surface area (Å²) in [6.45, 7) is 7.45. The molecule has 22 heavy (non-hydrogen) atoms. The maximum atomic E-state index is 12.5. The first-order valence-corrected chi connectivity index (χ1v) is 8.54. The number of hydrogen-bond acceptors (Lipinski definition) is 4. The molecule has 1 saturated heterocycles. The van der Waals surface area contributed by atoms with E-state index in [1.807, 2.05) is 17.2 Å². The predicted molar refractivity (Wildman–Crippen MR) is 90.8 cm³/mol. The molecule has 0 aliphatic carbocycles. The molecule has 1 fully saturated rings. The van der Waals surface area contributed by atoms with Crippen LogP contribution in [0.1, 0.15) is 27.5 Å². The van der Waals surface area contributed by atoms with Crippen LogP contribution in [0.25, 0.3) is 0 Å². The normalized spacial score (nSPS) is 15.7. The number of thiazole rings is 1. The number of amides is 1. The Balaban J connectivity index is 1.67. The fourth-order valence-electron chi connectivity index (χ4n) is 2.76. The maximum absolute atomic E-state index is 12.5. The average Bonchev–Trinajstić information content (AvgIpc) is 2.81. The zero-order valence-electron chi connectivity index (χ0n) is 13.1. The van der Waals surface area contributed by atoms with Crippen molar-refractivity contribution in [1.29, 1.82) is 0 Å². The van der Waals surface area contributed by atoms with Gasteiger partial charge in [0.25, 0.3) is 5.91 Å². The molecule has 1 aliphatic rings. The first kappa shape index (κ1) is 15.0. The van der Waals surface area contributed by atoms with Crippen LogP contribution in [0.2, 0.25) is 0 Å². The number of rotatable bonds is 2. The van der Waals surface area contributed by atoms with Crippen molar-refractivity contribution in [2.24, 2.45) is 0 Å². The number of carbonyl (C=O) groups is 1. The first-order valence-electron chi connectivity index (χ1n) is 7.66. The van der Waals surface area contributed by atoms with Gasteiger partial charge in [0.15, 0.2) is 0 Å². The zero-order valence-corrected chi connectivity index (χ0v) is 13.9. The number of carbonyl (C=O) groups excluding carboxylic acids is 1. The van der Waals surface area contributed by atoms with E-state index in [4.69, 9.17) is 0 Å². The van der Waals surface area contributed by atoms with Crippen LogP contribution in [0.3, 0.4) is 0 Å². The van der Waals surface area contributed by atoms with Crippen LogP contribution >= 0.6 is 11.3 Å². The SMILES string of the molecule is Cc1ccc(N2CCCN(C(=O)c3csc(C)n3)CC2)cc1. The van der Waals surface area contributed by atoms with Crippen LogP contribution in [-0.4, -0.2) is 42.0 Å². The highest BCUT2D eigenvalue weighted by molar-refractivity contribution is 7.09. The molecule has 3 rings (SSSR count). The Kier molecular flexibility index (Phi) is 4.43. The molecule has 2 aromatic rings. The van der Waals surface area contributed by atoms with Gasteiger partial charge in [0.2, 0.25) is 0 Å². The monoisotopic (exact) mass is 315 g/mol. The number of aromatic nitrogens is 1. The summed E-state index contributed by atoms with van der Waals surface area (Å²) in [4.78, 5) is 21.1. The molecule has 0 saturated carbocycles. The Hall–Kier alpha value is -1.88. The lowest BCUT2D eigenvalue weighted by Gasteiger charge is -2.23. The van der Waals surface area contributed by atoms with Crippen molar-refractivity contribution in [3.05, 3.63) is 45.9 Å². The Bertz CT molecular complexity index is 650. The van der Waals surface area contributed by atoms with Gasteiger partial charge in [0.05, 0.1) is 5.01 Å². The lowest BCUT2D eigenvalue weighted by Crippen LogP contribution is -2.35. The quantitative estimate of drug-likeness (QED) is 0.854. The third-order valence-corrected chi connectivity index (χ3v) is 4.79. The number of nitrogens with zero attached hydrogens (tertiary/aromatic N) is 3. The van der Waals surface area contributed by atoms with Crippen LogP contribution in [0.4, 0.5) is 5.69 Å². The Morgan fingerprint density at radius 2 is 1.86 bits per heavy atom. The molecule has 0 atom stereocenters. The van der Waals surface area contributed by atoms with Crippen molar-refractivity contribution in [1.82, 2.24) is 9.88 Å². The van der Waals surface area contributed by atoms with E-state index in [9.17, 15) is 4.79 Å². The van der Waals surface area contributed by atoms with Gasteiger partial charge in [0, 0.05) is 37.2 Å². The van der Waals surface area contributed by atoms with Crippen molar-refractivity contribution in [2.75, 3.05) is 31.1 Å². The molecule has 0 spiro atoms. The zero-order chi connectivity index (χ0) is 15.5. The molecule has 5 heteroatoms. The summed E-state index contributed by atoms with van der Waals surface area (Å²) >= 11 is 1.53. The number of aryl methyl sites for hydroxylation is 2. The van der Waals surface area contributed by atoms with Crippen LogP contribution in [0.15, 0.2) is 29.6 Å². The van der Waals surface area contributed by atoms with Crippen LogP contribution in [0.5, 0.6) is 0 Å². The standard InChI is InChI=1S/C17H21N3OS/c1-13-4-6-15(7-5-13)19-8-3-9-20(11-10-19)17(21)16-12-22-14(2)18-16/h4-7,12H,3,8-11H2,1-2H3. The van der Waals surface area contributed by atoms with Crippen molar-refractivity contribution < 1.29 is 4.79 Å². The number of hydrogen-bond donors (Lipinski definition) is 0. The van der Waals surface area contributed by atoms with Gasteiger partial charge in [0.1, 0.15) is 5.69 Å². The Morgan fingerprint density at radius 1 is 1.09 bits per heavy atom. The molecule has 4 nitrogen and oxygen atoms in total. The molecular formula is C17H21N3OS. The van der Waals surface area contributed by atoms with Gasteiger partial charge in [-0.25, -0.2) is 4.98 Å². The van der Waals surface area contributed by atoms with Crippen LogP contribution in [-0.2, 0) is 0 Å². The summed E-state index contributed by atoms with van der Waals surface area (Å²) in [6, 6.07) is 8.61. The van der Waals surface area contributed by atoms with E-state index in [1.165, 1.54) is 22.6 Å². The van der Waals surface area contributed by atoms with E-state index in [2.05, 4.69) is 41.1 Å². The average molecular weight is 315 g/mol. The van der Waals surface area contributed by atoms with Gasteiger partial charge in [-0.05, 0) is 32.4 Å². The highest BCUT2D eigenvalue weighted by atomic mass is 32.1. The minimum atomic E-state index is 0.0649. The van der Waals surface area contributed by atoms with E-state index in [1.54, 1.807) is 0 Å². The lowest BCUT2D eigenvalue weighted by atomic mass is 10.2. The predicted octanol–water partition coefficient (Wildman–Crippen LogP) is 3.11. The second kappa shape index (κ2) is 6.48. The minimum absolute atomic E-state index is 0.0649. The molecular weight excluding hydrogens is 294 g/mol. The lowest BCUT2D eigenvalue weighted by molar-refractivity contribution is 0.0762. The third-order valence-electron chi connectivity index (χ3n) is 4.02. The van der Waals surface area contributed by atoms with Gasteiger partial charge in [-0.3, -0.25) is 4.79 Å². The second-order valence-corrected chi connectivity index (χ2v) is 6.78. The van der Waals surface area contributed by atoms with Gasteiger partial charge in [-0.15, -0.1) is 11.3 Å². The fourth-order valence-corrected chi connectivity index (χ4v) is 3.34. The van der Waals surface area contributed by atoms with Crippen molar-refractivity contribution in [2.45, 2.75) is 20.3 Å². The Labute approximate surface area is 135 Å². The smallest absolute Gasteiger partial charge is 0.273 e. The highest BCUT2D eigenvalue weighted by Crippen LogP contribution is 2.18. The molecule has 2 heterocycles. The first-order chi connectivity index (χ1) is 10.6. The van der Waals surface area contributed by atoms with E-state index < -0.39 is 0 Å². The Morgan fingerprint density at radius 3 is 2.55 bits per heavy atom. The van der Waals surface area contributed by atoms with Crippen molar-refractivity contribution in [3.63, 3.8) is 0 Å². The number of anilines is 1. The largest absolute Gasteiger partial charge is 0.370 e. The molecule has 1 aromatic heterocycles. The van der Waals surface area contributed by atoms with Gasteiger partial charge in [-0.1, -0.05) is 17.7 Å². The summed E-state index contributed by atoms with van der Waals surface area (Å²) in [5.41, 5.74) is 3.10. The van der Waals surface area contributed by atoms with Gasteiger partial charge >= 0.3 is 0 Å². The summed E-state index contributed by atoms with van der Waals surface area (Å²) in [6.07, 6.45) is 0.989. The van der Waals surface area contributed by atoms with Crippen LogP contribution in [0, 0.1) is 13.8 Å². The maximum Gasteiger partial charge on any atom is 0.273 e. The summed E-state index contributed by atoms with van der Waals surface area (Å²) in [5.74, 6) is 0.0649. The minimum Gasteiger partial charge on any atom is -0.370 e. The molecule has 1 aliphatic heterocycles. The topological polar surface area (TPSA) is 36.4 Å². The molecule has 116 valence electrons. The van der Waals surface area contributed by atoms with E-state index in [0.29, 0.717) is 5.69 Å². The summed E-state index contributed by atoms with van der Waals surface area (Å²) in [5, 5.41) is 2.81. The summed E-state index contributed by atoms with van der Waals surface area (Å²) < 4.78 is 0. The number of benzene rings is 1. The molecule has 0 N–H and O–H groups in total. The van der Waals surface area contributed by atoms with E-state index in [0.717, 1.165) is 37.6 Å². The van der Waals surface area contributed by atoms with Crippen molar-refractivity contribution >= 4 is 22.9 Å². The molecule has 1 aromatic carbocycles. The molecule has 1 amide bonds. The summed E-state index contributed by atoms with van der Waals surface area (Å²) in [7, 11) is 0. The fraction of sp³-hybridized carbons (Fsp3) is 0.412. The van der Waals surface area contributed by atoms with E-state index in [-0.39, 0.29) is 5.91 Å². The van der Waals surface area contributed by atoms with Gasteiger partial charge in [-0.2, -0.15) is 0 Å². The second-order valence-electron chi connectivity index (χ2n) is 5.72. The van der Waals surface area contributed by atoms with Gasteiger partial charge < -0.3 is 9.80 Å². The van der Waals surface area contributed by atoms with Crippen molar-refractivity contribution in [3.8, 4) is 0 Å². The molecule has 0 unspecified atom stereocenters.